The number of carbonyl (C=O) groups is 1. The van der Waals surface area contributed by atoms with Crippen LogP contribution in [0.25, 0.3) is 0 Å². The molecular formula is C22H21FN2O3S. The Bertz CT molecular complexity index is 932. The van der Waals surface area contributed by atoms with Crippen LogP contribution in [0, 0.1) is 5.82 Å². The SMILES string of the molecule is COc1ccc(SC(C)C(=O)NCc2ccc(Oc3ccc(F)cc3)nc2)cc1. The van der Waals surface area contributed by atoms with E-state index in [-0.39, 0.29) is 17.0 Å². The Labute approximate surface area is 173 Å². The quantitative estimate of drug-likeness (QED) is 0.538. The Kier molecular flexibility index (Phi) is 7.08. The van der Waals surface area contributed by atoms with E-state index < -0.39 is 0 Å². The van der Waals surface area contributed by atoms with Crippen molar-refractivity contribution in [1.29, 1.82) is 0 Å². The Morgan fingerprint density at radius 2 is 1.76 bits per heavy atom. The van der Waals surface area contributed by atoms with Crippen molar-refractivity contribution in [2.45, 2.75) is 23.6 Å². The van der Waals surface area contributed by atoms with Crippen LogP contribution in [0.2, 0.25) is 0 Å². The Balaban J connectivity index is 1.48. The van der Waals surface area contributed by atoms with Crippen molar-refractivity contribution in [3.63, 3.8) is 0 Å². The molecule has 1 atom stereocenters. The van der Waals surface area contributed by atoms with Gasteiger partial charge in [0.2, 0.25) is 11.8 Å². The molecule has 0 aliphatic rings. The number of methoxy groups -OCH3 is 1. The van der Waals surface area contributed by atoms with Gasteiger partial charge >= 0.3 is 0 Å². The molecule has 1 N–H and O–H groups in total. The van der Waals surface area contributed by atoms with Crippen molar-refractivity contribution < 1.29 is 18.7 Å². The van der Waals surface area contributed by atoms with Crippen LogP contribution in [0.5, 0.6) is 17.4 Å². The topological polar surface area (TPSA) is 60.5 Å². The molecule has 5 nitrogen and oxygen atoms in total. The molecule has 29 heavy (non-hydrogen) atoms. The molecule has 0 bridgehead atoms. The predicted molar refractivity (Wildman–Crippen MR) is 111 cm³/mol. The lowest BCUT2D eigenvalue weighted by Crippen LogP contribution is -2.30. The number of nitrogens with zero attached hydrogens (tertiary/aromatic N) is 1. The van der Waals surface area contributed by atoms with Crippen LogP contribution in [0.3, 0.4) is 0 Å². The molecule has 1 aromatic heterocycles. The lowest BCUT2D eigenvalue weighted by atomic mass is 10.3. The number of amides is 1. The summed E-state index contributed by atoms with van der Waals surface area (Å²) in [6.45, 7) is 2.23. The minimum atomic E-state index is -0.323. The third kappa shape index (κ3) is 6.22. The number of hydrogen-bond acceptors (Lipinski definition) is 5. The molecule has 0 radical (unpaired) electrons. The predicted octanol–water partition coefficient (Wildman–Crippen LogP) is 4.82. The van der Waals surface area contributed by atoms with E-state index in [1.54, 1.807) is 19.4 Å². The lowest BCUT2D eigenvalue weighted by Gasteiger charge is -2.12. The Morgan fingerprint density at radius 3 is 2.38 bits per heavy atom. The molecule has 1 unspecified atom stereocenters. The van der Waals surface area contributed by atoms with Crippen molar-refractivity contribution >= 4 is 17.7 Å². The van der Waals surface area contributed by atoms with E-state index >= 15 is 0 Å². The number of thioether (sulfide) groups is 1. The highest BCUT2D eigenvalue weighted by atomic mass is 32.2. The van der Waals surface area contributed by atoms with E-state index in [9.17, 15) is 9.18 Å². The van der Waals surface area contributed by atoms with Crippen LogP contribution in [-0.2, 0) is 11.3 Å². The molecule has 0 saturated heterocycles. The van der Waals surface area contributed by atoms with Crippen molar-refractivity contribution in [2.75, 3.05) is 7.11 Å². The van der Waals surface area contributed by atoms with E-state index in [4.69, 9.17) is 9.47 Å². The zero-order chi connectivity index (χ0) is 20.6. The average molecular weight is 412 g/mol. The average Bonchev–Trinajstić information content (AvgIpc) is 2.75. The summed E-state index contributed by atoms with van der Waals surface area (Å²) in [6.07, 6.45) is 1.64. The summed E-state index contributed by atoms with van der Waals surface area (Å²) in [7, 11) is 1.62. The number of pyridine rings is 1. The third-order valence-corrected chi connectivity index (χ3v) is 5.15. The van der Waals surface area contributed by atoms with Gasteiger partial charge in [0.05, 0.1) is 12.4 Å². The van der Waals surface area contributed by atoms with Gasteiger partial charge in [-0.15, -0.1) is 11.8 Å². The zero-order valence-electron chi connectivity index (χ0n) is 16.1. The largest absolute Gasteiger partial charge is 0.497 e. The number of halogens is 1. The van der Waals surface area contributed by atoms with Gasteiger partial charge in [-0.3, -0.25) is 4.79 Å². The molecule has 0 aliphatic carbocycles. The number of carbonyl (C=O) groups excluding carboxylic acids is 1. The van der Waals surface area contributed by atoms with Crippen molar-refractivity contribution in [1.82, 2.24) is 10.3 Å². The smallest absolute Gasteiger partial charge is 0.233 e. The van der Waals surface area contributed by atoms with Gasteiger partial charge < -0.3 is 14.8 Å². The number of benzene rings is 2. The zero-order valence-corrected chi connectivity index (χ0v) is 16.9. The summed E-state index contributed by atoms with van der Waals surface area (Å²) >= 11 is 1.48. The second kappa shape index (κ2) is 9.93. The molecule has 7 heteroatoms. The van der Waals surface area contributed by atoms with Crippen LogP contribution >= 0.6 is 11.8 Å². The number of aromatic nitrogens is 1. The van der Waals surface area contributed by atoms with Crippen LogP contribution in [0.15, 0.2) is 71.8 Å². The summed E-state index contributed by atoms with van der Waals surface area (Å²) in [5.41, 5.74) is 0.853. The van der Waals surface area contributed by atoms with Gasteiger partial charge in [-0.2, -0.15) is 0 Å². The second-order valence-electron chi connectivity index (χ2n) is 6.21. The summed E-state index contributed by atoms with van der Waals surface area (Å²) in [5.74, 6) is 1.30. The van der Waals surface area contributed by atoms with E-state index in [0.29, 0.717) is 18.2 Å². The fourth-order valence-corrected chi connectivity index (χ4v) is 3.34. The summed E-state index contributed by atoms with van der Waals surface area (Å²) < 4.78 is 23.6. The van der Waals surface area contributed by atoms with Gasteiger partial charge in [-0.1, -0.05) is 6.07 Å². The van der Waals surface area contributed by atoms with Crippen LogP contribution in [0.4, 0.5) is 4.39 Å². The van der Waals surface area contributed by atoms with Crippen molar-refractivity contribution in [3.8, 4) is 17.4 Å². The fourth-order valence-electron chi connectivity index (χ4n) is 2.44. The number of nitrogens with one attached hydrogen (secondary N) is 1. The van der Waals surface area contributed by atoms with Gasteiger partial charge in [-0.05, 0) is 61.0 Å². The molecule has 1 heterocycles. The first-order valence-electron chi connectivity index (χ1n) is 9.00. The lowest BCUT2D eigenvalue weighted by molar-refractivity contribution is -0.120. The van der Waals surface area contributed by atoms with E-state index in [2.05, 4.69) is 10.3 Å². The number of hydrogen-bond donors (Lipinski definition) is 1. The van der Waals surface area contributed by atoms with E-state index in [1.165, 1.54) is 36.0 Å². The van der Waals surface area contributed by atoms with Crippen molar-refractivity contribution in [2.24, 2.45) is 0 Å². The minimum Gasteiger partial charge on any atom is -0.497 e. The van der Waals surface area contributed by atoms with Gasteiger partial charge in [0.15, 0.2) is 0 Å². The first-order valence-corrected chi connectivity index (χ1v) is 9.88. The first kappa shape index (κ1) is 20.7. The fraction of sp³-hybridized carbons (Fsp3) is 0.182. The summed E-state index contributed by atoms with van der Waals surface area (Å²) in [6, 6.07) is 16.8. The molecule has 1 amide bonds. The van der Waals surface area contributed by atoms with Gasteiger partial charge in [0, 0.05) is 23.7 Å². The molecule has 3 aromatic rings. The highest BCUT2D eigenvalue weighted by Crippen LogP contribution is 2.25. The normalized spacial score (nSPS) is 11.6. The molecule has 150 valence electrons. The Hall–Kier alpha value is -3.06. The highest BCUT2D eigenvalue weighted by Gasteiger charge is 2.14. The van der Waals surface area contributed by atoms with Crippen LogP contribution < -0.4 is 14.8 Å². The van der Waals surface area contributed by atoms with Gasteiger partial charge in [-0.25, -0.2) is 9.37 Å². The van der Waals surface area contributed by atoms with Crippen molar-refractivity contribution in [3.05, 3.63) is 78.2 Å². The maximum absolute atomic E-state index is 12.9. The van der Waals surface area contributed by atoms with Gasteiger partial charge in [0.25, 0.3) is 0 Å². The van der Waals surface area contributed by atoms with Crippen LogP contribution in [-0.4, -0.2) is 23.3 Å². The van der Waals surface area contributed by atoms with E-state index in [1.807, 2.05) is 37.3 Å². The number of rotatable bonds is 8. The van der Waals surface area contributed by atoms with E-state index in [0.717, 1.165) is 16.2 Å². The highest BCUT2D eigenvalue weighted by molar-refractivity contribution is 8.00. The summed E-state index contributed by atoms with van der Waals surface area (Å²) in [4.78, 5) is 17.6. The monoisotopic (exact) mass is 412 g/mol. The summed E-state index contributed by atoms with van der Waals surface area (Å²) in [5, 5.41) is 2.67. The molecule has 0 spiro atoms. The minimum absolute atomic E-state index is 0.0579. The first-order chi connectivity index (χ1) is 14.0. The molecular weight excluding hydrogens is 391 g/mol. The molecule has 3 rings (SSSR count). The molecule has 0 saturated carbocycles. The number of ether oxygens (including phenoxy) is 2. The maximum atomic E-state index is 12.9. The van der Waals surface area contributed by atoms with Gasteiger partial charge in [0.1, 0.15) is 17.3 Å². The molecule has 2 aromatic carbocycles. The molecule has 0 aliphatic heterocycles. The second-order valence-corrected chi connectivity index (χ2v) is 7.63. The maximum Gasteiger partial charge on any atom is 0.233 e. The standard InChI is InChI=1S/C22H21FN2O3S/c1-15(29-20-10-8-18(27-2)9-11-20)22(26)25-14-16-3-12-21(24-13-16)28-19-6-4-17(23)5-7-19/h3-13,15H,14H2,1-2H3,(H,25,26). The molecule has 0 fully saturated rings. The Morgan fingerprint density at radius 1 is 1.07 bits per heavy atom. The van der Waals surface area contributed by atoms with Crippen LogP contribution in [0.1, 0.15) is 12.5 Å². The third-order valence-electron chi connectivity index (χ3n) is 4.04.